The topological polar surface area (TPSA) is 232 Å². The van der Waals surface area contributed by atoms with Gasteiger partial charge in [0.05, 0.1) is 0 Å². The number of carbonyl (C=O) groups is 1. The van der Waals surface area contributed by atoms with Crippen molar-refractivity contribution in [1.29, 1.82) is 0 Å². The normalized spacial score (nSPS) is 19.0. The number of phosphoric acid groups is 2. The summed E-state index contributed by atoms with van der Waals surface area (Å²) in [5.41, 5.74) is 0. The summed E-state index contributed by atoms with van der Waals surface area (Å²) in [6.45, 7) is 0. The van der Waals surface area contributed by atoms with Gasteiger partial charge in [-0.05, 0) is 0 Å². The third-order valence-corrected chi connectivity index (χ3v) is 2.57. The van der Waals surface area contributed by atoms with Crippen LogP contribution in [0.5, 0.6) is 0 Å². The van der Waals surface area contributed by atoms with E-state index in [2.05, 4.69) is 9.05 Å². The molecule has 0 fully saturated rings. The van der Waals surface area contributed by atoms with E-state index in [9.17, 15) is 19.0 Å². The van der Waals surface area contributed by atoms with Gasteiger partial charge in [0.15, 0.2) is 12.4 Å². The summed E-state index contributed by atoms with van der Waals surface area (Å²) < 4.78 is 27.5. The molecule has 8 N–H and O–H groups in total. The number of phosphoric ester groups is 2. The Bertz CT molecular complexity index is 422. The molecule has 0 aromatic carbocycles. The lowest BCUT2D eigenvalue weighted by atomic mass is 10.1. The fourth-order valence-electron chi connectivity index (χ4n) is 0.869. The van der Waals surface area contributed by atoms with Gasteiger partial charge in [0.1, 0.15) is 12.2 Å². The first-order valence-corrected chi connectivity index (χ1v) is 7.56. The molecule has 13 nitrogen and oxygen atoms in total. The van der Waals surface area contributed by atoms with Crippen molar-refractivity contribution in [3.8, 4) is 0 Å². The molecular weight excluding hydrogens is 330 g/mol. The minimum atomic E-state index is -5.32. The average Bonchev–Trinajstić information content (AvgIpc) is 2.21. The molecule has 0 aromatic rings. The summed E-state index contributed by atoms with van der Waals surface area (Å²) in [6.07, 6.45) is -10.6. The van der Waals surface area contributed by atoms with Crippen LogP contribution < -0.4 is 0 Å². The maximum atomic E-state index is 10.9. The van der Waals surface area contributed by atoms with Crippen LogP contribution in [0.3, 0.4) is 0 Å². The van der Waals surface area contributed by atoms with Crippen molar-refractivity contribution in [2.24, 2.45) is 0 Å². The number of carbonyl (C=O) groups excluding carboxylic acids is 1. The van der Waals surface area contributed by atoms with Crippen LogP contribution in [0.15, 0.2) is 0 Å². The van der Waals surface area contributed by atoms with E-state index in [0.717, 1.165) is 0 Å². The molecule has 0 amide bonds. The van der Waals surface area contributed by atoms with Gasteiger partial charge in [0.25, 0.3) is 0 Å². The highest BCUT2D eigenvalue weighted by Crippen LogP contribution is 2.38. The highest BCUT2D eigenvalue weighted by molar-refractivity contribution is 7.47. The van der Waals surface area contributed by atoms with Gasteiger partial charge in [-0.1, -0.05) is 0 Å². The molecule has 0 saturated carbocycles. The van der Waals surface area contributed by atoms with Crippen LogP contribution in [0.2, 0.25) is 0 Å². The van der Waals surface area contributed by atoms with Crippen LogP contribution in [0.1, 0.15) is 0 Å². The van der Waals surface area contributed by atoms with Gasteiger partial charge in [-0.25, -0.2) is 13.9 Å². The van der Waals surface area contributed by atoms with Crippen molar-refractivity contribution in [1.82, 2.24) is 0 Å². The molecule has 20 heavy (non-hydrogen) atoms. The lowest BCUT2D eigenvalue weighted by Crippen LogP contribution is -2.48. The molecule has 4 atom stereocenters. The first-order chi connectivity index (χ1) is 8.74. The van der Waals surface area contributed by atoms with Gasteiger partial charge < -0.3 is 34.7 Å². The maximum Gasteiger partial charge on any atom is 0.527 e. The van der Waals surface area contributed by atoms with Crippen molar-refractivity contribution in [3.63, 3.8) is 0 Å². The second kappa shape index (κ2) is 7.02. The van der Waals surface area contributed by atoms with Gasteiger partial charge in [0.2, 0.25) is 0 Å². The second-order valence-corrected chi connectivity index (χ2v) is 5.67. The monoisotopic (exact) mass is 342 g/mol. The highest BCUT2D eigenvalue weighted by Gasteiger charge is 2.40. The molecule has 0 heterocycles. The molecule has 120 valence electrons. The molecule has 0 aliphatic heterocycles. The summed E-state index contributed by atoms with van der Waals surface area (Å²) in [4.78, 5) is 44.0. The molecule has 0 rings (SSSR count). The number of hydrogen-bond acceptors (Lipinski definition) is 9. The largest absolute Gasteiger partial charge is 0.527 e. The lowest BCUT2D eigenvalue weighted by molar-refractivity contribution is -0.182. The summed E-state index contributed by atoms with van der Waals surface area (Å²) in [5.74, 6) is -2.05. The van der Waals surface area contributed by atoms with E-state index >= 15 is 0 Å². The first-order valence-electron chi connectivity index (χ1n) is 4.50. The van der Waals surface area contributed by atoms with Crippen LogP contribution in [-0.2, 0) is 23.0 Å². The molecule has 0 radical (unpaired) electrons. The quantitative estimate of drug-likeness (QED) is 0.164. The van der Waals surface area contributed by atoms with Gasteiger partial charge >= 0.3 is 21.6 Å². The molecule has 0 bridgehead atoms. The Morgan fingerprint density at radius 1 is 0.850 bits per heavy atom. The fourth-order valence-corrected chi connectivity index (χ4v) is 1.62. The zero-order valence-electron chi connectivity index (χ0n) is 9.32. The van der Waals surface area contributed by atoms with Gasteiger partial charge in [-0.15, -0.1) is 0 Å². The minimum absolute atomic E-state index is 2.05. The SMILES string of the molecule is O=C(OP(=O)(O)O)[C@H](O)[C@H](O)[C@@H](O)C(O)OP(=O)(O)O. The van der Waals surface area contributed by atoms with Crippen LogP contribution >= 0.6 is 15.6 Å². The highest BCUT2D eigenvalue weighted by atomic mass is 31.2. The second-order valence-electron chi connectivity index (χ2n) is 3.31. The molecule has 0 aromatic heterocycles. The Hall–Kier alpha value is -0.430. The molecule has 15 heteroatoms. The Labute approximate surface area is 110 Å². The first kappa shape index (κ1) is 19.6. The van der Waals surface area contributed by atoms with E-state index in [1.165, 1.54) is 0 Å². The lowest BCUT2D eigenvalue weighted by Gasteiger charge is -2.25. The van der Waals surface area contributed by atoms with Crippen molar-refractivity contribution >= 4 is 21.6 Å². The van der Waals surface area contributed by atoms with Gasteiger partial charge in [-0.2, -0.15) is 0 Å². The zero-order chi connectivity index (χ0) is 16.3. The Kier molecular flexibility index (Phi) is 6.87. The summed E-state index contributed by atoms with van der Waals surface area (Å²) in [5, 5.41) is 36.3. The minimum Gasteiger partial charge on any atom is -0.387 e. The van der Waals surface area contributed by atoms with E-state index in [-0.39, 0.29) is 0 Å². The smallest absolute Gasteiger partial charge is 0.387 e. The molecule has 0 aliphatic rings. The van der Waals surface area contributed by atoms with Crippen LogP contribution in [0.4, 0.5) is 0 Å². The number of aliphatic hydroxyl groups excluding tert-OH is 4. The summed E-state index contributed by atoms with van der Waals surface area (Å²) in [7, 11) is -10.6. The van der Waals surface area contributed by atoms with Gasteiger partial charge in [-0.3, -0.25) is 14.3 Å². The third-order valence-electron chi connectivity index (χ3n) is 1.66. The summed E-state index contributed by atoms with van der Waals surface area (Å²) >= 11 is 0. The third kappa shape index (κ3) is 7.38. The molecular formula is C5H12O13P2. The molecule has 0 saturated heterocycles. The van der Waals surface area contributed by atoms with Gasteiger partial charge in [0, 0.05) is 0 Å². The van der Waals surface area contributed by atoms with Crippen molar-refractivity contribution in [2.45, 2.75) is 24.6 Å². The van der Waals surface area contributed by atoms with Crippen molar-refractivity contribution in [3.05, 3.63) is 0 Å². The Balaban J connectivity index is 4.72. The van der Waals surface area contributed by atoms with Crippen molar-refractivity contribution < 1.29 is 63.0 Å². The van der Waals surface area contributed by atoms with Crippen LogP contribution in [-0.4, -0.2) is 70.6 Å². The average molecular weight is 342 g/mol. The predicted molar refractivity (Wildman–Crippen MR) is 55.3 cm³/mol. The Morgan fingerprint density at radius 3 is 1.65 bits per heavy atom. The number of rotatable bonds is 7. The fraction of sp³-hybridized carbons (Fsp3) is 0.800. The van der Waals surface area contributed by atoms with Crippen molar-refractivity contribution in [2.75, 3.05) is 0 Å². The Morgan fingerprint density at radius 2 is 1.30 bits per heavy atom. The van der Waals surface area contributed by atoms with E-state index in [1.807, 2.05) is 0 Å². The van der Waals surface area contributed by atoms with E-state index in [1.54, 1.807) is 0 Å². The molecule has 0 aliphatic carbocycles. The predicted octanol–water partition coefficient (Wildman–Crippen LogP) is -3.87. The zero-order valence-corrected chi connectivity index (χ0v) is 11.1. The van der Waals surface area contributed by atoms with Crippen LogP contribution in [0.25, 0.3) is 0 Å². The van der Waals surface area contributed by atoms with E-state index < -0.39 is 46.2 Å². The van der Waals surface area contributed by atoms with E-state index in [4.69, 9.17) is 34.9 Å². The van der Waals surface area contributed by atoms with Crippen LogP contribution in [0, 0.1) is 0 Å². The van der Waals surface area contributed by atoms with E-state index in [0.29, 0.717) is 0 Å². The molecule has 1 unspecified atom stereocenters. The molecule has 0 spiro atoms. The summed E-state index contributed by atoms with van der Waals surface area (Å²) in [6, 6.07) is 0. The standard InChI is InChI=1S/C5H12O13P2/c6-1(2(7)4(9)17-19(11,12)13)3(8)5(10)18-20(14,15)16/h1-4,6-9H,(H2,11,12,13)(H2,14,15,16)/t1-,2-,3-,4?/m1/s1. The number of aliphatic hydroxyl groups is 4. The maximum absolute atomic E-state index is 10.9. The number of hydrogen-bond donors (Lipinski definition) is 8.